The zero-order valence-electron chi connectivity index (χ0n) is 5.96. The van der Waals surface area contributed by atoms with Crippen molar-refractivity contribution in [1.29, 1.82) is 0 Å². The molecule has 1 unspecified atom stereocenters. The average molecular weight is 143 g/mol. The average Bonchev–Trinajstić information content (AvgIpc) is 1.93. The minimum atomic E-state index is -0.429. The zero-order chi connectivity index (χ0) is 7.72. The second-order valence-electron chi connectivity index (χ2n) is 2.29. The molecule has 0 saturated carbocycles. The highest BCUT2D eigenvalue weighted by molar-refractivity contribution is 5.89. The van der Waals surface area contributed by atoms with Crippen molar-refractivity contribution in [3.8, 4) is 0 Å². The van der Waals surface area contributed by atoms with E-state index in [9.17, 15) is 9.59 Å². The highest BCUT2D eigenvalue weighted by atomic mass is 16.5. The maximum absolute atomic E-state index is 10.8. The molecular formula is C6H9NO3. The molecule has 0 aliphatic carbocycles. The predicted molar refractivity (Wildman–Crippen MR) is 33.2 cm³/mol. The number of cyclic esters (lactones) is 1. The van der Waals surface area contributed by atoms with Gasteiger partial charge in [-0.1, -0.05) is 0 Å². The van der Waals surface area contributed by atoms with E-state index in [1.165, 1.54) is 4.90 Å². The van der Waals surface area contributed by atoms with E-state index in [4.69, 9.17) is 0 Å². The third-order valence-corrected chi connectivity index (χ3v) is 1.65. The Kier molecular flexibility index (Phi) is 1.61. The number of nitrogens with zero attached hydrogens (tertiary/aromatic N) is 1. The molecule has 10 heavy (non-hydrogen) atoms. The Labute approximate surface area is 58.8 Å². The maximum atomic E-state index is 10.8. The van der Waals surface area contributed by atoms with Crippen molar-refractivity contribution in [2.24, 2.45) is 0 Å². The second-order valence-corrected chi connectivity index (χ2v) is 2.29. The normalized spacial score (nSPS) is 26.6. The summed E-state index contributed by atoms with van der Waals surface area (Å²) < 4.78 is 4.54. The summed E-state index contributed by atoms with van der Waals surface area (Å²) in [5.41, 5.74) is 0. The fourth-order valence-electron chi connectivity index (χ4n) is 0.729. The van der Waals surface area contributed by atoms with Crippen LogP contribution in [-0.4, -0.2) is 36.5 Å². The molecule has 0 N–H and O–H groups in total. The van der Waals surface area contributed by atoms with Gasteiger partial charge in [-0.25, -0.2) is 4.79 Å². The number of carbonyl (C=O) groups excluding carboxylic acids is 2. The number of esters is 1. The number of ether oxygens (including phenoxy) is 1. The van der Waals surface area contributed by atoms with Crippen molar-refractivity contribution >= 4 is 11.9 Å². The molecule has 1 fully saturated rings. The van der Waals surface area contributed by atoms with E-state index in [0.29, 0.717) is 0 Å². The summed E-state index contributed by atoms with van der Waals surface area (Å²) in [6.07, 6.45) is 0. The number of carbonyl (C=O) groups is 2. The van der Waals surface area contributed by atoms with Crippen molar-refractivity contribution < 1.29 is 14.3 Å². The van der Waals surface area contributed by atoms with Gasteiger partial charge in [0, 0.05) is 7.05 Å². The number of hydrogen-bond acceptors (Lipinski definition) is 3. The standard InChI is InChI=1S/C6H9NO3/c1-4-6(9)10-3-5(8)7(4)2/h4H,3H2,1-2H3. The molecule has 0 spiro atoms. The number of rotatable bonds is 0. The molecular weight excluding hydrogens is 134 g/mol. The van der Waals surface area contributed by atoms with Gasteiger partial charge in [0.05, 0.1) is 0 Å². The van der Waals surface area contributed by atoms with Crippen LogP contribution in [-0.2, 0) is 14.3 Å². The Morgan fingerprint density at radius 1 is 1.60 bits per heavy atom. The lowest BCUT2D eigenvalue weighted by Gasteiger charge is -2.27. The largest absolute Gasteiger partial charge is 0.454 e. The zero-order valence-corrected chi connectivity index (χ0v) is 5.96. The molecule has 0 aromatic carbocycles. The van der Waals surface area contributed by atoms with Gasteiger partial charge >= 0.3 is 5.97 Å². The SMILES string of the molecule is CC1C(=O)OCC(=O)N1C. The summed E-state index contributed by atoms with van der Waals surface area (Å²) in [5.74, 6) is -0.478. The van der Waals surface area contributed by atoms with Crippen molar-refractivity contribution in [2.45, 2.75) is 13.0 Å². The van der Waals surface area contributed by atoms with Gasteiger partial charge in [-0.3, -0.25) is 4.79 Å². The summed E-state index contributed by atoms with van der Waals surface area (Å²) >= 11 is 0. The lowest BCUT2D eigenvalue weighted by Crippen LogP contribution is -2.48. The molecule has 4 nitrogen and oxygen atoms in total. The van der Waals surface area contributed by atoms with E-state index in [0.717, 1.165) is 0 Å². The highest BCUT2D eigenvalue weighted by Crippen LogP contribution is 2.04. The predicted octanol–water partition coefficient (Wildman–Crippen LogP) is -0.610. The summed E-state index contributed by atoms with van der Waals surface area (Å²) in [6, 6.07) is -0.429. The molecule has 0 aromatic heterocycles. The van der Waals surface area contributed by atoms with Gasteiger partial charge in [-0.05, 0) is 6.92 Å². The van der Waals surface area contributed by atoms with Crippen molar-refractivity contribution in [3.63, 3.8) is 0 Å². The van der Waals surface area contributed by atoms with E-state index in [1.807, 2.05) is 0 Å². The van der Waals surface area contributed by atoms with Gasteiger partial charge in [0.1, 0.15) is 6.04 Å². The number of morpholine rings is 1. The van der Waals surface area contributed by atoms with E-state index in [2.05, 4.69) is 4.74 Å². The highest BCUT2D eigenvalue weighted by Gasteiger charge is 2.29. The second kappa shape index (κ2) is 2.28. The fourth-order valence-corrected chi connectivity index (χ4v) is 0.729. The van der Waals surface area contributed by atoms with Crippen LogP contribution in [0, 0.1) is 0 Å². The monoisotopic (exact) mass is 143 g/mol. The first-order valence-electron chi connectivity index (χ1n) is 3.05. The third kappa shape index (κ3) is 0.964. The van der Waals surface area contributed by atoms with Crippen LogP contribution in [0.15, 0.2) is 0 Å². The van der Waals surface area contributed by atoms with Gasteiger partial charge < -0.3 is 9.64 Å². The number of hydrogen-bond donors (Lipinski definition) is 0. The van der Waals surface area contributed by atoms with Gasteiger partial charge in [-0.2, -0.15) is 0 Å². The van der Waals surface area contributed by atoms with Crippen LogP contribution in [0.2, 0.25) is 0 Å². The van der Waals surface area contributed by atoms with Crippen molar-refractivity contribution in [1.82, 2.24) is 4.90 Å². The first-order chi connectivity index (χ1) is 4.63. The van der Waals surface area contributed by atoms with Crippen molar-refractivity contribution in [3.05, 3.63) is 0 Å². The minimum Gasteiger partial charge on any atom is -0.454 e. The molecule has 1 aliphatic heterocycles. The molecule has 4 heteroatoms. The first-order valence-corrected chi connectivity index (χ1v) is 3.05. The summed E-state index contributed by atoms with van der Waals surface area (Å²) in [5, 5.41) is 0. The Morgan fingerprint density at radius 2 is 2.20 bits per heavy atom. The number of likely N-dealkylation sites (N-methyl/N-ethyl adjacent to an activating group) is 1. The molecule has 1 saturated heterocycles. The Morgan fingerprint density at radius 3 is 2.70 bits per heavy atom. The smallest absolute Gasteiger partial charge is 0.329 e. The molecule has 1 heterocycles. The third-order valence-electron chi connectivity index (χ3n) is 1.65. The first kappa shape index (κ1) is 7.05. The van der Waals surface area contributed by atoms with Gasteiger partial charge in [0.25, 0.3) is 5.91 Å². The minimum absolute atomic E-state index is 0.111. The molecule has 0 aromatic rings. The van der Waals surface area contributed by atoms with Gasteiger partial charge in [0.15, 0.2) is 6.61 Å². The molecule has 0 radical (unpaired) electrons. The quantitative estimate of drug-likeness (QED) is 0.425. The Balaban J connectivity index is 2.69. The summed E-state index contributed by atoms with van der Waals surface area (Å²) in [4.78, 5) is 22.9. The Hall–Kier alpha value is -1.06. The van der Waals surface area contributed by atoms with E-state index in [-0.39, 0.29) is 18.5 Å². The van der Waals surface area contributed by atoms with Gasteiger partial charge in [0.2, 0.25) is 0 Å². The van der Waals surface area contributed by atoms with Crippen LogP contribution in [0.1, 0.15) is 6.92 Å². The number of amides is 1. The Bertz CT molecular complexity index is 158. The lowest BCUT2D eigenvalue weighted by atomic mass is 10.2. The topological polar surface area (TPSA) is 46.6 Å². The van der Waals surface area contributed by atoms with E-state index >= 15 is 0 Å². The van der Waals surface area contributed by atoms with Crippen LogP contribution in [0.5, 0.6) is 0 Å². The van der Waals surface area contributed by atoms with Crippen LogP contribution < -0.4 is 0 Å². The molecule has 1 amide bonds. The van der Waals surface area contributed by atoms with Crippen LogP contribution in [0.3, 0.4) is 0 Å². The molecule has 1 atom stereocenters. The van der Waals surface area contributed by atoms with E-state index in [1.54, 1.807) is 14.0 Å². The van der Waals surface area contributed by atoms with Crippen LogP contribution in [0.25, 0.3) is 0 Å². The summed E-state index contributed by atoms with van der Waals surface area (Å²) in [7, 11) is 1.59. The van der Waals surface area contributed by atoms with Crippen LogP contribution in [0.4, 0.5) is 0 Å². The maximum Gasteiger partial charge on any atom is 0.329 e. The molecule has 0 bridgehead atoms. The van der Waals surface area contributed by atoms with Crippen molar-refractivity contribution in [2.75, 3.05) is 13.7 Å². The molecule has 1 aliphatic rings. The summed E-state index contributed by atoms with van der Waals surface area (Å²) in [6.45, 7) is 1.53. The van der Waals surface area contributed by atoms with Crippen LogP contribution >= 0.6 is 0 Å². The fraction of sp³-hybridized carbons (Fsp3) is 0.667. The molecule has 1 rings (SSSR count). The van der Waals surface area contributed by atoms with E-state index < -0.39 is 6.04 Å². The molecule has 56 valence electrons. The van der Waals surface area contributed by atoms with Gasteiger partial charge in [-0.15, -0.1) is 0 Å². The lowest BCUT2D eigenvalue weighted by molar-refractivity contribution is -0.166.